The van der Waals surface area contributed by atoms with Crippen molar-refractivity contribution < 1.29 is 19.7 Å². The maximum Gasteiger partial charge on any atom is 0.327 e. The van der Waals surface area contributed by atoms with Gasteiger partial charge in [0, 0.05) is 11.5 Å². The van der Waals surface area contributed by atoms with E-state index in [0.717, 1.165) is 12.8 Å². The first-order valence-electron chi connectivity index (χ1n) is 5.74. The fourth-order valence-corrected chi connectivity index (χ4v) is 3.20. The molecule has 0 aromatic carbocycles. The van der Waals surface area contributed by atoms with Gasteiger partial charge in [-0.3, -0.25) is 4.79 Å². The zero-order valence-corrected chi connectivity index (χ0v) is 11.1. The third-order valence-electron chi connectivity index (χ3n) is 3.12. The van der Waals surface area contributed by atoms with Crippen LogP contribution in [0.4, 0.5) is 0 Å². The number of aliphatic hydroxyl groups excluding tert-OH is 2. The Kier molecular flexibility index (Phi) is 5.72. The molecule has 1 rings (SSSR count). The van der Waals surface area contributed by atoms with Gasteiger partial charge in [0.2, 0.25) is 0 Å². The molecule has 0 bridgehead atoms. The molecule has 1 aliphatic rings. The summed E-state index contributed by atoms with van der Waals surface area (Å²) in [4.78, 5) is 11.9. The molecule has 17 heavy (non-hydrogen) atoms. The summed E-state index contributed by atoms with van der Waals surface area (Å²) in [5, 5.41) is 21.1. The summed E-state index contributed by atoms with van der Waals surface area (Å²) < 4.78 is 4.87. The van der Waals surface area contributed by atoms with Gasteiger partial charge in [-0.15, -0.1) is 0 Å². The second-order valence-corrected chi connectivity index (χ2v) is 5.37. The average molecular weight is 263 g/mol. The van der Waals surface area contributed by atoms with E-state index >= 15 is 0 Å². The average Bonchev–Trinajstić information content (AvgIpc) is 3.18. The normalized spacial score (nSPS) is 20.7. The number of carbonyl (C=O) groups excluding carboxylic acids is 1. The molecule has 3 N–H and O–H groups in total. The van der Waals surface area contributed by atoms with Gasteiger partial charge in [-0.2, -0.15) is 11.8 Å². The first-order chi connectivity index (χ1) is 8.10. The SMILES string of the molecule is CNC(CSCC(O)CO)(C(=O)OC)C1CC1. The number of methoxy groups -OCH3 is 1. The van der Waals surface area contributed by atoms with E-state index in [0.29, 0.717) is 17.4 Å². The second kappa shape index (κ2) is 6.58. The number of aliphatic hydroxyl groups is 2. The van der Waals surface area contributed by atoms with Gasteiger partial charge < -0.3 is 20.3 Å². The minimum absolute atomic E-state index is 0.242. The summed E-state index contributed by atoms with van der Waals surface area (Å²) >= 11 is 1.46. The van der Waals surface area contributed by atoms with Crippen LogP contribution < -0.4 is 5.32 Å². The van der Waals surface area contributed by atoms with Crippen LogP contribution in [0.15, 0.2) is 0 Å². The Morgan fingerprint density at radius 3 is 2.71 bits per heavy atom. The van der Waals surface area contributed by atoms with Crippen molar-refractivity contribution >= 4 is 17.7 Å². The zero-order chi connectivity index (χ0) is 12.9. The summed E-state index contributed by atoms with van der Waals surface area (Å²) in [5.74, 6) is 1.05. The van der Waals surface area contributed by atoms with Crippen molar-refractivity contribution in [3.63, 3.8) is 0 Å². The van der Waals surface area contributed by atoms with Crippen LogP contribution in [-0.4, -0.2) is 60.1 Å². The summed E-state index contributed by atoms with van der Waals surface area (Å²) in [5.41, 5.74) is -0.644. The van der Waals surface area contributed by atoms with Crippen LogP contribution in [0.5, 0.6) is 0 Å². The molecule has 0 spiro atoms. The summed E-state index contributed by atoms with van der Waals surface area (Å²) in [7, 11) is 3.16. The monoisotopic (exact) mass is 263 g/mol. The van der Waals surface area contributed by atoms with Crippen molar-refractivity contribution in [2.24, 2.45) is 5.92 Å². The highest BCUT2D eigenvalue weighted by Gasteiger charge is 2.50. The fraction of sp³-hybridized carbons (Fsp3) is 0.909. The van der Waals surface area contributed by atoms with Crippen molar-refractivity contribution in [1.82, 2.24) is 5.32 Å². The quantitative estimate of drug-likeness (QED) is 0.518. The molecule has 5 nitrogen and oxygen atoms in total. The Morgan fingerprint density at radius 1 is 1.65 bits per heavy atom. The lowest BCUT2D eigenvalue weighted by Crippen LogP contribution is -2.55. The molecule has 1 fully saturated rings. The molecule has 6 heteroatoms. The lowest BCUT2D eigenvalue weighted by atomic mass is 9.96. The third kappa shape index (κ3) is 3.58. The van der Waals surface area contributed by atoms with E-state index in [9.17, 15) is 9.90 Å². The molecule has 0 heterocycles. The second-order valence-electron chi connectivity index (χ2n) is 4.34. The molecule has 1 saturated carbocycles. The predicted octanol–water partition coefficient (Wildman–Crippen LogP) is -0.386. The summed E-state index contributed by atoms with van der Waals surface area (Å²) in [6.07, 6.45) is 1.32. The highest BCUT2D eigenvalue weighted by atomic mass is 32.2. The van der Waals surface area contributed by atoms with Gasteiger partial charge in [0.1, 0.15) is 5.54 Å². The van der Waals surface area contributed by atoms with E-state index in [1.807, 2.05) is 0 Å². The number of hydrogen-bond donors (Lipinski definition) is 3. The number of thioether (sulfide) groups is 1. The van der Waals surface area contributed by atoms with Gasteiger partial charge >= 0.3 is 5.97 Å². The minimum Gasteiger partial charge on any atom is -0.468 e. The Bertz CT molecular complexity index is 260. The molecule has 0 radical (unpaired) electrons. The number of esters is 1. The Labute approximate surface area is 106 Å². The molecule has 1 aliphatic carbocycles. The maximum atomic E-state index is 11.9. The number of likely N-dealkylation sites (N-methyl/N-ethyl adjacent to an activating group) is 1. The number of hydrogen-bond acceptors (Lipinski definition) is 6. The van der Waals surface area contributed by atoms with Gasteiger partial charge in [0.25, 0.3) is 0 Å². The van der Waals surface area contributed by atoms with E-state index in [1.54, 1.807) is 7.05 Å². The Morgan fingerprint density at radius 2 is 2.29 bits per heavy atom. The van der Waals surface area contributed by atoms with Crippen molar-refractivity contribution in [1.29, 1.82) is 0 Å². The maximum absolute atomic E-state index is 11.9. The Balaban J connectivity index is 2.54. The first kappa shape index (κ1) is 14.8. The van der Waals surface area contributed by atoms with Crippen LogP contribution in [0.25, 0.3) is 0 Å². The van der Waals surface area contributed by atoms with Crippen LogP contribution in [-0.2, 0) is 9.53 Å². The summed E-state index contributed by atoms with van der Waals surface area (Å²) in [6.45, 7) is -0.249. The number of rotatable bonds is 8. The molecule has 0 saturated heterocycles. The molecule has 0 aromatic rings. The van der Waals surface area contributed by atoms with E-state index < -0.39 is 11.6 Å². The number of carbonyl (C=O) groups is 1. The molecule has 0 amide bonds. The molecule has 0 aliphatic heterocycles. The smallest absolute Gasteiger partial charge is 0.327 e. The van der Waals surface area contributed by atoms with Gasteiger partial charge in [-0.05, 0) is 25.8 Å². The van der Waals surface area contributed by atoms with Crippen molar-refractivity contribution in [3.05, 3.63) is 0 Å². The third-order valence-corrected chi connectivity index (χ3v) is 4.40. The van der Waals surface area contributed by atoms with E-state index in [4.69, 9.17) is 9.84 Å². The molecule has 0 aromatic heterocycles. The van der Waals surface area contributed by atoms with E-state index in [2.05, 4.69) is 5.32 Å². The van der Waals surface area contributed by atoms with Gasteiger partial charge in [0.05, 0.1) is 19.8 Å². The molecule has 2 atom stereocenters. The highest BCUT2D eigenvalue weighted by Crippen LogP contribution is 2.42. The molecular formula is C11H21NO4S. The lowest BCUT2D eigenvalue weighted by molar-refractivity contribution is -0.148. The molecule has 2 unspecified atom stereocenters. The minimum atomic E-state index is -0.730. The van der Waals surface area contributed by atoms with E-state index in [-0.39, 0.29) is 12.6 Å². The number of ether oxygens (including phenoxy) is 1. The van der Waals surface area contributed by atoms with Crippen molar-refractivity contribution in [3.8, 4) is 0 Å². The Hall–Kier alpha value is -0.300. The molecular weight excluding hydrogens is 242 g/mol. The molecule has 100 valence electrons. The standard InChI is InChI=1S/C11H21NO4S/c1-12-11(8-3-4-8,10(15)16-2)7-17-6-9(14)5-13/h8-9,12-14H,3-7H2,1-2H3. The summed E-state index contributed by atoms with van der Waals surface area (Å²) in [6, 6.07) is 0. The van der Waals surface area contributed by atoms with E-state index in [1.165, 1.54) is 18.9 Å². The largest absolute Gasteiger partial charge is 0.468 e. The zero-order valence-electron chi connectivity index (χ0n) is 10.3. The van der Waals surface area contributed by atoms with Crippen molar-refractivity contribution in [2.45, 2.75) is 24.5 Å². The fourth-order valence-electron chi connectivity index (χ4n) is 1.89. The number of nitrogens with one attached hydrogen (secondary N) is 1. The van der Waals surface area contributed by atoms with Crippen molar-refractivity contribution in [2.75, 3.05) is 32.3 Å². The first-order valence-corrected chi connectivity index (χ1v) is 6.90. The predicted molar refractivity (Wildman–Crippen MR) is 66.9 cm³/mol. The lowest BCUT2D eigenvalue weighted by Gasteiger charge is -2.30. The van der Waals surface area contributed by atoms with Crippen LogP contribution in [0.1, 0.15) is 12.8 Å². The van der Waals surface area contributed by atoms with Gasteiger partial charge in [-0.25, -0.2) is 0 Å². The topological polar surface area (TPSA) is 78.8 Å². The highest BCUT2D eigenvalue weighted by molar-refractivity contribution is 7.99. The van der Waals surface area contributed by atoms with Gasteiger partial charge in [0.15, 0.2) is 0 Å². The van der Waals surface area contributed by atoms with Gasteiger partial charge in [-0.1, -0.05) is 0 Å². The van der Waals surface area contributed by atoms with Crippen LogP contribution >= 0.6 is 11.8 Å². The van der Waals surface area contributed by atoms with Crippen LogP contribution in [0.2, 0.25) is 0 Å². The van der Waals surface area contributed by atoms with Crippen LogP contribution in [0.3, 0.4) is 0 Å². The van der Waals surface area contributed by atoms with Crippen LogP contribution in [0, 0.1) is 5.92 Å².